The van der Waals surface area contributed by atoms with E-state index in [9.17, 15) is 13.5 Å². The van der Waals surface area contributed by atoms with Crippen molar-refractivity contribution >= 4 is 9.84 Å². The van der Waals surface area contributed by atoms with Gasteiger partial charge in [0.2, 0.25) is 0 Å². The molecule has 1 N–H and O–H groups in total. The lowest BCUT2D eigenvalue weighted by atomic mass is 10.1. The molecule has 18 heavy (non-hydrogen) atoms. The van der Waals surface area contributed by atoms with Gasteiger partial charge in [-0.15, -0.1) is 0 Å². The molecule has 102 valence electrons. The molecule has 0 aliphatic carbocycles. The topological polar surface area (TPSA) is 72.2 Å². The van der Waals surface area contributed by atoms with Gasteiger partial charge >= 0.3 is 0 Å². The van der Waals surface area contributed by atoms with Crippen LogP contribution in [-0.4, -0.2) is 34.8 Å². The Morgan fingerprint density at radius 3 is 2.67 bits per heavy atom. The summed E-state index contributed by atoms with van der Waals surface area (Å²) in [5.74, 6) is 0.401. The Balaban J connectivity index is 2.36. The van der Waals surface area contributed by atoms with Crippen molar-refractivity contribution in [3.05, 3.63) is 17.0 Å². The van der Waals surface area contributed by atoms with Crippen molar-refractivity contribution in [1.82, 2.24) is 9.78 Å². The number of hydrogen-bond acceptors (Lipinski definition) is 4. The van der Waals surface area contributed by atoms with Crippen LogP contribution in [0.5, 0.6) is 0 Å². The van der Waals surface area contributed by atoms with Gasteiger partial charge in [0, 0.05) is 11.3 Å². The van der Waals surface area contributed by atoms with Crippen LogP contribution in [0.25, 0.3) is 0 Å². The third kappa shape index (κ3) is 2.31. The first-order valence-corrected chi connectivity index (χ1v) is 8.12. The predicted octanol–water partition coefficient (Wildman–Crippen LogP) is 1.30. The van der Waals surface area contributed by atoms with Crippen LogP contribution in [-0.2, 0) is 9.84 Å². The normalized spacial score (nSPS) is 24.3. The van der Waals surface area contributed by atoms with Gasteiger partial charge in [0.1, 0.15) is 0 Å². The van der Waals surface area contributed by atoms with Gasteiger partial charge in [-0.25, -0.2) is 8.42 Å². The minimum absolute atomic E-state index is 0.0773. The molecular formula is C12H20N2O3S. The van der Waals surface area contributed by atoms with Gasteiger partial charge in [-0.2, -0.15) is 5.10 Å². The second kappa shape index (κ2) is 4.66. The number of aliphatic hydroxyl groups is 1. The summed E-state index contributed by atoms with van der Waals surface area (Å²) in [5, 5.41) is 14.4. The van der Waals surface area contributed by atoms with Crippen molar-refractivity contribution < 1.29 is 13.5 Å². The molecule has 2 atom stereocenters. The first-order chi connectivity index (χ1) is 8.35. The molecule has 2 rings (SSSR count). The summed E-state index contributed by atoms with van der Waals surface area (Å²) in [6.07, 6.45) is 0.735. The van der Waals surface area contributed by atoms with Gasteiger partial charge in [-0.05, 0) is 26.7 Å². The molecule has 1 aromatic heterocycles. The Bertz CT molecular complexity index is 548. The van der Waals surface area contributed by atoms with E-state index in [1.165, 1.54) is 0 Å². The molecule has 0 saturated carbocycles. The molecule has 2 heterocycles. The van der Waals surface area contributed by atoms with Gasteiger partial charge in [0.05, 0.1) is 29.3 Å². The Labute approximate surface area is 108 Å². The zero-order valence-corrected chi connectivity index (χ0v) is 11.9. The average molecular weight is 272 g/mol. The molecule has 1 aliphatic heterocycles. The zero-order valence-electron chi connectivity index (χ0n) is 11.0. The van der Waals surface area contributed by atoms with Gasteiger partial charge < -0.3 is 5.11 Å². The Morgan fingerprint density at radius 1 is 1.50 bits per heavy atom. The lowest BCUT2D eigenvalue weighted by molar-refractivity contribution is 0.172. The van der Waals surface area contributed by atoms with Crippen LogP contribution in [0.3, 0.4) is 0 Å². The van der Waals surface area contributed by atoms with Gasteiger partial charge in [0.25, 0.3) is 0 Å². The molecule has 0 spiro atoms. The Kier molecular flexibility index (Phi) is 3.51. The zero-order chi connectivity index (χ0) is 13.5. The van der Waals surface area contributed by atoms with Crippen molar-refractivity contribution in [3.8, 4) is 0 Å². The Hall–Kier alpha value is -0.880. The van der Waals surface area contributed by atoms with Crippen LogP contribution in [0, 0.1) is 13.8 Å². The highest BCUT2D eigenvalue weighted by molar-refractivity contribution is 7.91. The fourth-order valence-electron chi connectivity index (χ4n) is 2.69. The molecule has 6 heteroatoms. The third-order valence-corrected chi connectivity index (χ3v) is 5.41. The maximum atomic E-state index is 11.5. The molecule has 1 fully saturated rings. The van der Waals surface area contributed by atoms with Crippen LogP contribution < -0.4 is 0 Å². The standard InChI is InChI=1S/C12H20N2O3S/c1-4-11(15)12-8(2)13-14(9(12)3)10-5-6-18(16,17)7-10/h10-11,15H,4-7H2,1-3H3. The van der Waals surface area contributed by atoms with E-state index in [4.69, 9.17) is 0 Å². The molecule has 0 aromatic carbocycles. The summed E-state index contributed by atoms with van der Waals surface area (Å²) in [5.41, 5.74) is 2.54. The van der Waals surface area contributed by atoms with Crippen molar-refractivity contribution in [2.24, 2.45) is 0 Å². The first kappa shape index (κ1) is 13.5. The maximum absolute atomic E-state index is 11.5. The van der Waals surface area contributed by atoms with Crippen molar-refractivity contribution in [2.45, 2.75) is 45.8 Å². The molecule has 0 bridgehead atoms. The molecular weight excluding hydrogens is 252 g/mol. The monoisotopic (exact) mass is 272 g/mol. The second-order valence-electron chi connectivity index (χ2n) is 5.01. The van der Waals surface area contributed by atoms with Gasteiger partial charge in [-0.1, -0.05) is 6.92 Å². The molecule has 1 saturated heterocycles. The second-order valence-corrected chi connectivity index (χ2v) is 7.24. The number of aromatic nitrogens is 2. The van der Waals surface area contributed by atoms with Gasteiger partial charge in [-0.3, -0.25) is 4.68 Å². The quantitative estimate of drug-likeness (QED) is 0.900. The minimum Gasteiger partial charge on any atom is -0.388 e. The number of rotatable bonds is 3. The van der Waals surface area contributed by atoms with E-state index in [2.05, 4.69) is 5.10 Å². The smallest absolute Gasteiger partial charge is 0.152 e. The lowest BCUT2D eigenvalue weighted by Gasteiger charge is -2.13. The van der Waals surface area contributed by atoms with Crippen LogP contribution in [0.15, 0.2) is 0 Å². The maximum Gasteiger partial charge on any atom is 0.152 e. The van der Waals surface area contributed by atoms with Crippen LogP contribution >= 0.6 is 0 Å². The van der Waals surface area contributed by atoms with E-state index in [1.807, 2.05) is 20.8 Å². The Morgan fingerprint density at radius 2 is 2.17 bits per heavy atom. The summed E-state index contributed by atoms with van der Waals surface area (Å²) in [6.45, 7) is 5.68. The lowest BCUT2D eigenvalue weighted by Crippen LogP contribution is -2.14. The van der Waals surface area contributed by atoms with Crippen molar-refractivity contribution in [2.75, 3.05) is 11.5 Å². The summed E-state index contributed by atoms with van der Waals surface area (Å²) < 4.78 is 24.8. The summed E-state index contributed by atoms with van der Waals surface area (Å²) in [4.78, 5) is 0. The van der Waals surface area contributed by atoms with Gasteiger partial charge in [0.15, 0.2) is 9.84 Å². The predicted molar refractivity (Wildman–Crippen MR) is 69.3 cm³/mol. The molecule has 0 amide bonds. The number of aryl methyl sites for hydroxylation is 1. The average Bonchev–Trinajstić information content (AvgIpc) is 2.78. The van der Waals surface area contributed by atoms with E-state index in [-0.39, 0.29) is 17.5 Å². The number of sulfone groups is 1. The molecule has 0 radical (unpaired) electrons. The SMILES string of the molecule is CCC(O)c1c(C)nn(C2CCS(=O)(=O)C2)c1C. The van der Waals surface area contributed by atoms with E-state index in [0.29, 0.717) is 12.8 Å². The fraction of sp³-hybridized carbons (Fsp3) is 0.750. The molecule has 2 unspecified atom stereocenters. The van der Waals surface area contributed by atoms with E-state index in [1.54, 1.807) is 4.68 Å². The van der Waals surface area contributed by atoms with Crippen molar-refractivity contribution in [3.63, 3.8) is 0 Å². The van der Waals surface area contributed by atoms with Crippen LogP contribution in [0.2, 0.25) is 0 Å². The highest BCUT2D eigenvalue weighted by atomic mass is 32.2. The first-order valence-electron chi connectivity index (χ1n) is 6.29. The number of hydrogen-bond donors (Lipinski definition) is 1. The van der Waals surface area contributed by atoms with Crippen molar-refractivity contribution in [1.29, 1.82) is 0 Å². The summed E-state index contributed by atoms with van der Waals surface area (Å²) in [6, 6.07) is -0.0773. The highest BCUT2D eigenvalue weighted by Crippen LogP contribution is 2.30. The fourth-order valence-corrected chi connectivity index (χ4v) is 4.38. The van der Waals surface area contributed by atoms with E-state index >= 15 is 0 Å². The highest BCUT2D eigenvalue weighted by Gasteiger charge is 2.32. The number of aliphatic hydroxyl groups excluding tert-OH is 1. The number of nitrogens with zero attached hydrogens (tertiary/aromatic N) is 2. The molecule has 1 aromatic rings. The van der Waals surface area contributed by atoms with E-state index < -0.39 is 15.9 Å². The summed E-state index contributed by atoms with van der Waals surface area (Å²) >= 11 is 0. The summed E-state index contributed by atoms with van der Waals surface area (Å²) in [7, 11) is -2.91. The third-order valence-electron chi connectivity index (χ3n) is 3.66. The van der Waals surface area contributed by atoms with Crippen LogP contribution in [0.1, 0.15) is 48.9 Å². The minimum atomic E-state index is -2.91. The van der Waals surface area contributed by atoms with E-state index in [0.717, 1.165) is 17.0 Å². The molecule has 1 aliphatic rings. The molecule has 5 nitrogen and oxygen atoms in total. The van der Waals surface area contributed by atoms with Crippen LogP contribution in [0.4, 0.5) is 0 Å². The largest absolute Gasteiger partial charge is 0.388 e.